The zero-order chi connectivity index (χ0) is 34.9. The zero-order valence-electron chi connectivity index (χ0n) is 28.8. The van der Waals surface area contributed by atoms with Gasteiger partial charge < -0.3 is 13.9 Å². The van der Waals surface area contributed by atoms with Gasteiger partial charge in [0.15, 0.2) is 0 Å². The summed E-state index contributed by atoms with van der Waals surface area (Å²) in [5, 5.41) is 9.49. The molecule has 0 fully saturated rings. The lowest BCUT2D eigenvalue weighted by Gasteiger charge is -2.26. The van der Waals surface area contributed by atoms with Crippen LogP contribution in [-0.2, 0) is 0 Å². The molecule has 0 radical (unpaired) electrons. The molecular formula is C50H32N2O. The molecule has 0 aliphatic rings. The van der Waals surface area contributed by atoms with E-state index in [2.05, 4.69) is 204 Å². The minimum Gasteiger partial charge on any atom is -0.456 e. The number of anilines is 3. The molecule has 11 rings (SSSR count). The Hall–Kier alpha value is -7.10. The van der Waals surface area contributed by atoms with Crippen molar-refractivity contribution in [3.63, 3.8) is 0 Å². The van der Waals surface area contributed by atoms with Crippen LogP contribution in [0.15, 0.2) is 199 Å². The minimum atomic E-state index is 0.867. The predicted octanol–water partition coefficient (Wildman–Crippen LogP) is 14.1. The van der Waals surface area contributed by atoms with Gasteiger partial charge >= 0.3 is 0 Å². The van der Waals surface area contributed by atoms with Crippen molar-refractivity contribution in [1.82, 2.24) is 4.57 Å². The van der Waals surface area contributed by atoms with Gasteiger partial charge in [0.1, 0.15) is 11.2 Å². The number of furan rings is 1. The van der Waals surface area contributed by atoms with Crippen molar-refractivity contribution in [2.24, 2.45) is 0 Å². The van der Waals surface area contributed by atoms with Crippen molar-refractivity contribution in [3.8, 4) is 16.8 Å². The summed E-state index contributed by atoms with van der Waals surface area (Å²) in [6.07, 6.45) is 0. The van der Waals surface area contributed by atoms with Crippen LogP contribution in [0.1, 0.15) is 0 Å². The zero-order valence-corrected chi connectivity index (χ0v) is 28.8. The van der Waals surface area contributed by atoms with Crippen LogP contribution >= 0.6 is 0 Å². The SMILES string of the molecule is c1ccc(N(c2ccc3ccccc3c2)c2cccc3oc4ccc5ccc(-c6ccc7c8ccccc8n(-c8ccccc8)c7c6)cc5c4c23)cc1. The number of nitrogens with zero attached hydrogens (tertiary/aromatic N) is 2. The van der Waals surface area contributed by atoms with Crippen LogP contribution < -0.4 is 4.90 Å². The number of para-hydroxylation sites is 3. The van der Waals surface area contributed by atoms with Crippen LogP contribution in [0.25, 0.3) is 82.1 Å². The number of hydrogen-bond acceptors (Lipinski definition) is 2. The summed E-state index contributed by atoms with van der Waals surface area (Å²) in [6, 6.07) is 69.7. The lowest BCUT2D eigenvalue weighted by Crippen LogP contribution is -2.10. The summed E-state index contributed by atoms with van der Waals surface area (Å²) >= 11 is 0. The van der Waals surface area contributed by atoms with Gasteiger partial charge in [0.05, 0.1) is 22.1 Å². The minimum absolute atomic E-state index is 0.867. The van der Waals surface area contributed by atoms with Crippen LogP contribution in [0.4, 0.5) is 17.1 Å². The Bertz CT molecular complexity index is 3170. The molecule has 0 aliphatic carbocycles. The highest BCUT2D eigenvalue weighted by Crippen LogP contribution is 2.46. The number of rotatable bonds is 5. The van der Waals surface area contributed by atoms with Crippen molar-refractivity contribution in [2.45, 2.75) is 0 Å². The van der Waals surface area contributed by atoms with Crippen molar-refractivity contribution < 1.29 is 4.42 Å². The standard InChI is InChI=1S/C50H32N2O/c1-3-14-38(15-4-1)51(40-27-24-33-12-7-8-13-35(33)30-40)45-20-11-21-47-50(45)49-43-31-36(23-22-34(43)26-29-48(49)53-47)37-25-28-42-41-18-9-10-19-44(41)52(46(42)32-37)39-16-5-2-6-17-39/h1-32H. The van der Waals surface area contributed by atoms with Gasteiger partial charge in [0.25, 0.3) is 0 Å². The lowest BCUT2D eigenvalue weighted by molar-refractivity contribution is 0.669. The van der Waals surface area contributed by atoms with Gasteiger partial charge in [0, 0.05) is 33.2 Å². The Morgan fingerprint density at radius 3 is 1.94 bits per heavy atom. The first-order valence-corrected chi connectivity index (χ1v) is 18.1. The smallest absolute Gasteiger partial charge is 0.137 e. The molecule has 53 heavy (non-hydrogen) atoms. The van der Waals surface area contributed by atoms with Crippen molar-refractivity contribution in [2.75, 3.05) is 4.90 Å². The monoisotopic (exact) mass is 676 g/mol. The van der Waals surface area contributed by atoms with E-state index in [1.54, 1.807) is 0 Å². The average Bonchev–Trinajstić information content (AvgIpc) is 3.78. The highest BCUT2D eigenvalue weighted by Gasteiger charge is 2.21. The van der Waals surface area contributed by atoms with E-state index < -0.39 is 0 Å². The summed E-state index contributed by atoms with van der Waals surface area (Å²) < 4.78 is 9.05. The Balaban J connectivity index is 1.15. The van der Waals surface area contributed by atoms with E-state index >= 15 is 0 Å². The molecule has 0 amide bonds. The van der Waals surface area contributed by atoms with E-state index in [4.69, 9.17) is 4.42 Å². The Morgan fingerprint density at radius 2 is 1.06 bits per heavy atom. The molecule has 0 spiro atoms. The molecular weight excluding hydrogens is 645 g/mol. The van der Waals surface area contributed by atoms with Crippen molar-refractivity contribution >= 4 is 82.4 Å². The third-order valence-corrected chi connectivity index (χ3v) is 10.7. The van der Waals surface area contributed by atoms with E-state index in [0.717, 1.165) is 50.3 Å². The first kappa shape index (κ1) is 29.6. The second-order valence-electron chi connectivity index (χ2n) is 13.7. The molecule has 0 unspecified atom stereocenters. The van der Waals surface area contributed by atoms with Crippen LogP contribution in [0.5, 0.6) is 0 Å². The molecule has 248 valence electrons. The molecule has 9 aromatic carbocycles. The first-order chi connectivity index (χ1) is 26.3. The molecule has 11 aromatic rings. The third kappa shape index (κ3) is 4.68. The maximum atomic E-state index is 6.66. The summed E-state index contributed by atoms with van der Waals surface area (Å²) in [7, 11) is 0. The molecule has 2 aromatic heterocycles. The average molecular weight is 677 g/mol. The molecule has 0 aliphatic heterocycles. The van der Waals surface area contributed by atoms with Crippen LogP contribution in [0, 0.1) is 0 Å². The predicted molar refractivity (Wildman–Crippen MR) is 223 cm³/mol. The van der Waals surface area contributed by atoms with Gasteiger partial charge in [-0.15, -0.1) is 0 Å². The van der Waals surface area contributed by atoms with E-state index in [1.165, 1.54) is 48.9 Å². The van der Waals surface area contributed by atoms with Gasteiger partial charge in [-0.3, -0.25) is 0 Å². The lowest BCUT2D eigenvalue weighted by atomic mass is 9.96. The molecule has 2 heterocycles. The van der Waals surface area contributed by atoms with E-state index in [9.17, 15) is 0 Å². The quantitative estimate of drug-likeness (QED) is 0.181. The number of aromatic nitrogens is 1. The molecule has 0 saturated heterocycles. The number of fused-ring (bicyclic) bond motifs is 9. The van der Waals surface area contributed by atoms with Crippen LogP contribution in [0.3, 0.4) is 0 Å². The van der Waals surface area contributed by atoms with Crippen molar-refractivity contribution in [1.29, 1.82) is 0 Å². The summed E-state index contributed by atoms with van der Waals surface area (Å²) in [5.74, 6) is 0. The van der Waals surface area contributed by atoms with Crippen LogP contribution in [0.2, 0.25) is 0 Å². The largest absolute Gasteiger partial charge is 0.456 e. The van der Waals surface area contributed by atoms with E-state index in [-0.39, 0.29) is 0 Å². The summed E-state index contributed by atoms with van der Waals surface area (Å²) in [5.41, 5.74) is 10.9. The van der Waals surface area contributed by atoms with Gasteiger partial charge in [-0.25, -0.2) is 0 Å². The summed E-state index contributed by atoms with van der Waals surface area (Å²) in [6.45, 7) is 0. The first-order valence-electron chi connectivity index (χ1n) is 18.1. The molecule has 3 nitrogen and oxygen atoms in total. The topological polar surface area (TPSA) is 21.3 Å². The molecule has 0 N–H and O–H groups in total. The Kier molecular flexibility index (Phi) is 6.55. The van der Waals surface area contributed by atoms with Crippen molar-refractivity contribution in [3.05, 3.63) is 194 Å². The Labute approximate surface area is 306 Å². The van der Waals surface area contributed by atoms with Gasteiger partial charge in [-0.1, -0.05) is 121 Å². The van der Waals surface area contributed by atoms with Gasteiger partial charge in [-0.2, -0.15) is 0 Å². The maximum absolute atomic E-state index is 6.66. The van der Waals surface area contributed by atoms with Gasteiger partial charge in [-0.05, 0) is 105 Å². The van der Waals surface area contributed by atoms with E-state index in [1.807, 2.05) is 0 Å². The molecule has 0 bridgehead atoms. The Morgan fingerprint density at radius 1 is 0.377 bits per heavy atom. The fraction of sp³-hybridized carbons (Fsp3) is 0. The maximum Gasteiger partial charge on any atom is 0.137 e. The third-order valence-electron chi connectivity index (χ3n) is 10.7. The molecule has 0 saturated carbocycles. The summed E-state index contributed by atoms with van der Waals surface area (Å²) in [4.78, 5) is 2.36. The second kappa shape index (κ2) is 11.7. The highest BCUT2D eigenvalue weighted by molar-refractivity contribution is 6.24. The second-order valence-corrected chi connectivity index (χ2v) is 13.7. The number of benzene rings is 9. The fourth-order valence-corrected chi connectivity index (χ4v) is 8.31. The van der Waals surface area contributed by atoms with Gasteiger partial charge in [0.2, 0.25) is 0 Å². The van der Waals surface area contributed by atoms with E-state index in [0.29, 0.717) is 0 Å². The number of hydrogen-bond donors (Lipinski definition) is 0. The van der Waals surface area contributed by atoms with Crippen LogP contribution in [-0.4, -0.2) is 4.57 Å². The fourth-order valence-electron chi connectivity index (χ4n) is 8.31. The normalized spacial score (nSPS) is 11.8. The molecule has 3 heteroatoms. The highest BCUT2D eigenvalue weighted by atomic mass is 16.3. The molecule has 0 atom stereocenters.